The maximum Gasteiger partial charge on any atom is 0.366 e. The highest BCUT2D eigenvalue weighted by Gasteiger charge is 2.41. The Hall–Kier alpha value is -2.16. The molecule has 1 saturated heterocycles. The van der Waals surface area contributed by atoms with Gasteiger partial charge in [0.05, 0.1) is 39.7 Å². The molecule has 2 rings (SSSR count). The number of carbonyl (C=O) groups is 1. The summed E-state index contributed by atoms with van der Waals surface area (Å²) in [4.78, 5) is 17.0. The molecule has 1 aliphatic rings. The Balaban J connectivity index is 1.59. The molecule has 7 nitrogen and oxygen atoms in total. The zero-order valence-corrected chi connectivity index (χ0v) is 16.6. The zero-order chi connectivity index (χ0) is 20.6. The molecule has 0 radical (unpaired) electrons. The Bertz CT molecular complexity index is 673. The second-order valence-electron chi connectivity index (χ2n) is 6.70. The first-order valence-electron chi connectivity index (χ1n) is 9.16. The van der Waals surface area contributed by atoms with Crippen molar-refractivity contribution in [1.29, 1.82) is 0 Å². The Kier molecular flexibility index (Phi) is 8.22. The normalized spacial score (nSPS) is 21.8. The van der Waals surface area contributed by atoms with E-state index in [2.05, 4.69) is 16.8 Å². The molecule has 0 saturated carbocycles. The van der Waals surface area contributed by atoms with Crippen LogP contribution >= 0.6 is 0 Å². The van der Waals surface area contributed by atoms with Crippen molar-refractivity contribution >= 4 is 11.7 Å². The minimum absolute atomic E-state index is 0.181. The number of benzene rings is 1. The third-order valence-corrected chi connectivity index (χ3v) is 4.55. The van der Waals surface area contributed by atoms with Crippen molar-refractivity contribution in [3.63, 3.8) is 0 Å². The van der Waals surface area contributed by atoms with Gasteiger partial charge in [-0.2, -0.15) is 0 Å². The predicted octanol–water partition coefficient (Wildman–Crippen LogP) is 3.05. The molecule has 156 valence electrons. The van der Waals surface area contributed by atoms with Crippen LogP contribution in [0.25, 0.3) is 5.70 Å². The SMILES string of the molecule is C=C(NOCCCCC1COC(C)(C(=O)OC)OC1)c1ccc(OC)c(F)c1. The number of esters is 1. The molecule has 0 atom stereocenters. The molecule has 1 N–H and O–H groups in total. The first-order chi connectivity index (χ1) is 13.4. The molecule has 1 heterocycles. The van der Waals surface area contributed by atoms with Gasteiger partial charge in [0.2, 0.25) is 0 Å². The number of methoxy groups -OCH3 is 2. The highest BCUT2D eigenvalue weighted by Crippen LogP contribution is 2.25. The molecule has 0 aliphatic carbocycles. The van der Waals surface area contributed by atoms with Gasteiger partial charge in [-0.15, -0.1) is 0 Å². The monoisotopic (exact) mass is 397 g/mol. The van der Waals surface area contributed by atoms with Gasteiger partial charge in [0.1, 0.15) is 0 Å². The van der Waals surface area contributed by atoms with Crippen molar-refractivity contribution in [2.75, 3.05) is 34.0 Å². The number of hydrogen-bond donors (Lipinski definition) is 1. The number of carbonyl (C=O) groups excluding carboxylic acids is 1. The maximum atomic E-state index is 13.7. The first kappa shape index (κ1) is 22.1. The summed E-state index contributed by atoms with van der Waals surface area (Å²) in [6.07, 6.45) is 2.63. The fraction of sp³-hybridized carbons (Fsp3) is 0.550. The molecule has 28 heavy (non-hydrogen) atoms. The summed E-state index contributed by atoms with van der Waals surface area (Å²) in [6, 6.07) is 4.57. The molecular formula is C20H28FNO6. The van der Waals surface area contributed by atoms with E-state index in [4.69, 9.17) is 19.0 Å². The van der Waals surface area contributed by atoms with Gasteiger partial charge in [0, 0.05) is 18.4 Å². The molecule has 1 aliphatic heterocycles. The van der Waals surface area contributed by atoms with Crippen LogP contribution < -0.4 is 10.2 Å². The molecule has 0 aromatic heterocycles. The Morgan fingerprint density at radius 2 is 2.04 bits per heavy atom. The van der Waals surface area contributed by atoms with Crippen LogP contribution in [0, 0.1) is 11.7 Å². The van der Waals surface area contributed by atoms with E-state index in [0.717, 1.165) is 19.3 Å². The van der Waals surface area contributed by atoms with Gasteiger partial charge in [-0.25, -0.2) is 9.18 Å². The van der Waals surface area contributed by atoms with Crippen LogP contribution in [0.15, 0.2) is 24.8 Å². The standard InChI is InChI=1S/C20H28FNO6/c1-14(16-8-9-18(24-3)17(21)11-16)22-28-10-6-5-7-15-12-26-20(2,27-13-15)19(23)25-4/h8-9,11,15,22H,1,5-7,10,12-13H2,2-4H3. The van der Waals surface area contributed by atoms with E-state index >= 15 is 0 Å². The largest absolute Gasteiger partial charge is 0.494 e. The van der Waals surface area contributed by atoms with Crippen molar-refractivity contribution in [1.82, 2.24) is 5.48 Å². The average molecular weight is 397 g/mol. The molecular weight excluding hydrogens is 369 g/mol. The number of ether oxygens (including phenoxy) is 4. The second kappa shape index (κ2) is 10.4. The van der Waals surface area contributed by atoms with Gasteiger partial charge < -0.3 is 18.9 Å². The van der Waals surface area contributed by atoms with Crippen LogP contribution in [0.3, 0.4) is 0 Å². The summed E-state index contributed by atoms with van der Waals surface area (Å²) in [5.74, 6) is -1.88. The molecule has 0 spiro atoms. The van der Waals surface area contributed by atoms with Crippen molar-refractivity contribution < 1.29 is 33.0 Å². The van der Waals surface area contributed by atoms with E-state index < -0.39 is 17.6 Å². The third-order valence-electron chi connectivity index (χ3n) is 4.55. The minimum Gasteiger partial charge on any atom is -0.494 e. The van der Waals surface area contributed by atoms with Crippen molar-refractivity contribution in [3.05, 3.63) is 36.2 Å². The fourth-order valence-electron chi connectivity index (χ4n) is 2.77. The number of unbranched alkanes of at least 4 members (excludes halogenated alkanes) is 1. The molecule has 8 heteroatoms. The van der Waals surface area contributed by atoms with Crippen LogP contribution in [0.1, 0.15) is 31.7 Å². The van der Waals surface area contributed by atoms with Crippen LogP contribution in [0.2, 0.25) is 0 Å². The average Bonchev–Trinajstić information content (AvgIpc) is 2.71. The van der Waals surface area contributed by atoms with Gasteiger partial charge in [0.15, 0.2) is 11.6 Å². The summed E-state index contributed by atoms with van der Waals surface area (Å²) in [7, 11) is 2.72. The van der Waals surface area contributed by atoms with Crippen molar-refractivity contribution in [3.8, 4) is 5.75 Å². The molecule has 1 aromatic rings. The van der Waals surface area contributed by atoms with Gasteiger partial charge in [-0.3, -0.25) is 10.3 Å². The lowest BCUT2D eigenvalue weighted by Gasteiger charge is -2.35. The third kappa shape index (κ3) is 5.92. The Morgan fingerprint density at radius 3 is 2.64 bits per heavy atom. The van der Waals surface area contributed by atoms with E-state index in [1.807, 2.05) is 0 Å². The number of halogens is 1. The van der Waals surface area contributed by atoms with Crippen molar-refractivity contribution in [2.45, 2.75) is 32.0 Å². The van der Waals surface area contributed by atoms with E-state index in [1.54, 1.807) is 13.0 Å². The van der Waals surface area contributed by atoms with E-state index in [0.29, 0.717) is 31.1 Å². The van der Waals surface area contributed by atoms with Gasteiger partial charge in [-0.1, -0.05) is 13.0 Å². The quantitative estimate of drug-likeness (QED) is 0.369. The lowest BCUT2D eigenvalue weighted by Crippen LogP contribution is -2.48. The van der Waals surface area contributed by atoms with Crippen molar-refractivity contribution in [2.24, 2.45) is 5.92 Å². The maximum absolute atomic E-state index is 13.7. The highest BCUT2D eigenvalue weighted by atomic mass is 19.1. The van der Waals surface area contributed by atoms with Gasteiger partial charge in [-0.05, 0) is 31.0 Å². The van der Waals surface area contributed by atoms with Crippen LogP contribution in [-0.4, -0.2) is 45.8 Å². The Labute approximate surface area is 164 Å². The summed E-state index contributed by atoms with van der Waals surface area (Å²) in [5.41, 5.74) is 3.79. The lowest BCUT2D eigenvalue weighted by atomic mass is 10.0. The van der Waals surface area contributed by atoms with Crippen LogP contribution in [0.5, 0.6) is 5.75 Å². The van der Waals surface area contributed by atoms with E-state index in [-0.39, 0.29) is 11.7 Å². The Morgan fingerprint density at radius 1 is 1.32 bits per heavy atom. The molecule has 0 bridgehead atoms. The second-order valence-corrected chi connectivity index (χ2v) is 6.70. The number of nitrogens with one attached hydrogen (secondary N) is 1. The van der Waals surface area contributed by atoms with Gasteiger partial charge >= 0.3 is 5.97 Å². The smallest absolute Gasteiger partial charge is 0.366 e. The number of hydroxylamine groups is 1. The summed E-state index contributed by atoms with van der Waals surface area (Å²) < 4.78 is 34.3. The lowest BCUT2D eigenvalue weighted by molar-refractivity contribution is -0.272. The molecule has 0 amide bonds. The van der Waals surface area contributed by atoms with Crippen LogP contribution in [-0.2, 0) is 23.8 Å². The van der Waals surface area contributed by atoms with Crippen LogP contribution in [0.4, 0.5) is 4.39 Å². The summed E-state index contributed by atoms with van der Waals surface area (Å²) in [6.45, 7) is 6.77. The summed E-state index contributed by atoms with van der Waals surface area (Å²) in [5, 5.41) is 0. The number of rotatable bonds is 10. The molecule has 1 fully saturated rings. The minimum atomic E-state index is -1.31. The zero-order valence-electron chi connectivity index (χ0n) is 16.6. The van der Waals surface area contributed by atoms with E-state index in [9.17, 15) is 9.18 Å². The topological polar surface area (TPSA) is 75.3 Å². The predicted molar refractivity (Wildman–Crippen MR) is 101 cm³/mol. The highest BCUT2D eigenvalue weighted by molar-refractivity contribution is 5.77. The fourth-order valence-corrected chi connectivity index (χ4v) is 2.77. The summed E-state index contributed by atoms with van der Waals surface area (Å²) >= 11 is 0. The molecule has 1 aromatic carbocycles. The van der Waals surface area contributed by atoms with E-state index in [1.165, 1.54) is 26.4 Å². The number of hydrogen-bond acceptors (Lipinski definition) is 7. The first-order valence-corrected chi connectivity index (χ1v) is 9.16. The van der Waals surface area contributed by atoms with Gasteiger partial charge in [0.25, 0.3) is 5.79 Å². The molecule has 0 unspecified atom stereocenters.